The molecule has 1 N–H and O–H groups in total. The van der Waals surface area contributed by atoms with Crippen LogP contribution in [0.4, 0.5) is 8.78 Å². The fraction of sp³-hybridized carbons (Fsp3) is 0.0714. The Labute approximate surface area is 123 Å². The Bertz CT molecular complexity index is 662. The van der Waals surface area contributed by atoms with Crippen LogP contribution in [0, 0.1) is 11.6 Å². The number of benzene rings is 2. The molecule has 0 saturated carbocycles. The van der Waals surface area contributed by atoms with Gasteiger partial charge in [-0.05, 0) is 35.9 Å². The van der Waals surface area contributed by atoms with Crippen LogP contribution in [0.15, 0.2) is 41.3 Å². The van der Waals surface area contributed by atoms with Gasteiger partial charge in [-0.2, -0.15) is 0 Å². The van der Waals surface area contributed by atoms with E-state index in [-0.39, 0.29) is 15.5 Å². The van der Waals surface area contributed by atoms with Gasteiger partial charge < -0.3 is 5.11 Å². The average molecular weight is 315 g/mol. The van der Waals surface area contributed by atoms with Crippen molar-refractivity contribution in [3.05, 3.63) is 64.2 Å². The third kappa shape index (κ3) is 3.49. The van der Waals surface area contributed by atoms with Crippen molar-refractivity contribution in [1.82, 2.24) is 0 Å². The van der Waals surface area contributed by atoms with Gasteiger partial charge in [0.15, 0.2) is 0 Å². The SMILES string of the molecule is O=C(O)c1ccc(F)c(SCc2ccc(F)c(Cl)c2)c1. The highest BCUT2D eigenvalue weighted by atomic mass is 35.5. The maximum absolute atomic E-state index is 13.6. The van der Waals surface area contributed by atoms with Gasteiger partial charge in [-0.1, -0.05) is 17.7 Å². The van der Waals surface area contributed by atoms with Crippen molar-refractivity contribution in [3.63, 3.8) is 0 Å². The van der Waals surface area contributed by atoms with E-state index in [1.54, 1.807) is 6.07 Å². The van der Waals surface area contributed by atoms with Crippen molar-refractivity contribution >= 4 is 29.3 Å². The molecule has 0 aliphatic rings. The summed E-state index contributed by atoms with van der Waals surface area (Å²) in [5.41, 5.74) is 0.743. The second-order valence-corrected chi connectivity index (χ2v) is 5.41. The lowest BCUT2D eigenvalue weighted by atomic mass is 10.2. The first-order valence-corrected chi connectivity index (χ1v) is 6.93. The van der Waals surface area contributed by atoms with Crippen molar-refractivity contribution in [1.29, 1.82) is 0 Å². The van der Waals surface area contributed by atoms with E-state index < -0.39 is 17.6 Å². The second kappa shape index (κ2) is 6.24. The molecule has 0 atom stereocenters. The van der Waals surface area contributed by atoms with E-state index in [9.17, 15) is 13.6 Å². The zero-order chi connectivity index (χ0) is 14.7. The first kappa shape index (κ1) is 14.8. The van der Waals surface area contributed by atoms with E-state index in [1.165, 1.54) is 24.3 Å². The van der Waals surface area contributed by atoms with Crippen molar-refractivity contribution in [2.75, 3.05) is 0 Å². The van der Waals surface area contributed by atoms with Gasteiger partial charge in [0.25, 0.3) is 0 Å². The monoisotopic (exact) mass is 314 g/mol. The molecule has 0 amide bonds. The molecule has 104 valence electrons. The Hall–Kier alpha value is -1.59. The topological polar surface area (TPSA) is 37.3 Å². The summed E-state index contributed by atoms with van der Waals surface area (Å²) in [5.74, 6) is -1.76. The van der Waals surface area contributed by atoms with Gasteiger partial charge in [0, 0.05) is 10.6 Å². The Morgan fingerprint density at radius 2 is 1.85 bits per heavy atom. The summed E-state index contributed by atoms with van der Waals surface area (Å²) in [6.45, 7) is 0. The fourth-order valence-corrected chi connectivity index (χ4v) is 2.66. The predicted octanol–water partition coefficient (Wildman–Crippen LogP) is 4.61. The molecule has 0 heterocycles. The average Bonchev–Trinajstić information content (AvgIpc) is 2.41. The number of rotatable bonds is 4. The van der Waals surface area contributed by atoms with Gasteiger partial charge in [-0.25, -0.2) is 13.6 Å². The number of carboxylic acids is 1. The normalized spacial score (nSPS) is 10.6. The minimum atomic E-state index is -1.11. The van der Waals surface area contributed by atoms with E-state index >= 15 is 0 Å². The fourth-order valence-electron chi connectivity index (χ4n) is 1.54. The van der Waals surface area contributed by atoms with Crippen molar-refractivity contribution < 1.29 is 18.7 Å². The van der Waals surface area contributed by atoms with E-state index in [4.69, 9.17) is 16.7 Å². The molecule has 0 saturated heterocycles. The number of hydrogen-bond acceptors (Lipinski definition) is 2. The molecule has 0 aromatic heterocycles. The quantitative estimate of drug-likeness (QED) is 0.837. The highest BCUT2D eigenvalue weighted by Crippen LogP contribution is 2.28. The smallest absolute Gasteiger partial charge is 0.335 e. The lowest BCUT2D eigenvalue weighted by Gasteiger charge is -2.05. The van der Waals surface area contributed by atoms with E-state index in [0.29, 0.717) is 5.75 Å². The third-order valence-electron chi connectivity index (χ3n) is 2.56. The third-order valence-corrected chi connectivity index (χ3v) is 3.95. The minimum absolute atomic E-state index is 0.00265. The molecule has 20 heavy (non-hydrogen) atoms. The predicted molar refractivity (Wildman–Crippen MR) is 74.3 cm³/mol. The van der Waals surface area contributed by atoms with Crippen LogP contribution in [-0.4, -0.2) is 11.1 Å². The number of hydrogen-bond donors (Lipinski definition) is 1. The van der Waals surface area contributed by atoms with E-state index in [2.05, 4.69) is 0 Å². The summed E-state index contributed by atoms with van der Waals surface area (Å²) in [4.78, 5) is 11.1. The molecule has 0 bridgehead atoms. The molecule has 0 aliphatic heterocycles. The molecule has 0 radical (unpaired) electrons. The largest absolute Gasteiger partial charge is 0.478 e. The first-order chi connectivity index (χ1) is 9.47. The molecule has 0 spiro atoms. The highest BCUT2D eigenvalue weighted by molar-refractivity contribution is 7.98. The Kier molecular flexibility index (Phi) is 4.62. The Morgan fingerprint density at radius 1 is 1.15 bits per heavy atom. The summed E-state index contributed by atoms with van der Waals surface area (Å²) < 4.78 is 26.6. The van der Waals surface area contributed by atoms with Crippen LogP contribution >= 0.6 is 23.4 Å². The lowest BCUT2D eigenvalue weighted by Crippen LogP contribution is -1.97. The minimum Gasteiger partial charge on any atom is -0.478 e. The molecule has 2 nitrogen and oxygen atoms in total. The van der Waals surface area contributed by atoms with Gasteiger partial charge in [0.2, 0.25) is 0 Å². The number of carboxylic acid groups (broad SMARTS) is 1. The van der Waals surface area contributed by atoms with Crippen LogP contribution in [0.1, 0.15) is 15.9 Å². The maximum Gasteiger partial charge on any atom is 0.335 e. The zero-order valence-corrected chi connectivity index (χ0v) is 11.6. The lowest BCUT2D eigenvalue weighted by molar-refractivity contribution is 0.0696. The number of thioether (sulfide) groups is 1. The summed E-state index contributed by atoms with van der Waals surface area (Å²) in [5, 5.41) is 8.86. The molecular weight excluding hydrogens is 306 g/mol. The van der Waals surface area contributed by atoms with Gasteiger partial charge in [-0.15, -0.1) is 11.8 Å². The van der Waals surface area contributed by atoms with Crippen LogP contribution in [0.3, 0.4) is 0 Å². The molecule has 2 rings (SSSR count). The molecular formula is C14H9ClF2O2S. The molecule has 6 heteroatoms. The van der Waals surface area contributed by atoms with Gasteiger partial charge in [-0.3, -0.25) is 0 Å². The molecule has 0 unspecified atom stereocenters. The molecule has 0 fully saturated rings. The summed E-state index contributed by atoms with van der Waals surface area (Å²) in [7, 11) is 0. The number of halogens is 3. The van der Waals surface area contributed by atoms with Gasteiger partial charge in [0.05, 0.1) is 10.6 Å². The van der Waals surface area contributed by atoms with Crippen LogP contribution in [-0.2, 0) is 5.75 Å². The van der Waals surface area contributed by atoms with Crippen molar-refractivity contribution in [2.45, 2.75) is 10.6 Å². The van der Waals surface area contributed by atoms with Crippen LogP contribution < -0.4 is 0 Å². The summed E-state index contributed by atoms with van der Waals surface area (Å²) in [6, 6.07) is 7.84. The van der Waals surface area contributed by atoms with E-state index in [0.717, 1.165) is 23.4 Å². The van der Waals surface area contributed by atoms with E-state index in [1.807, 2.05) is 0 Å². The van der Waals surface area contributed by atoms with Crippen molar-refractivity contribution in [2.24, 2.45) is 0 Å². The second-order valence-electron chi connectivity index (χ2n) is 3.99. The molecule has 2 aromatic rings. The Balaban J connectivity index is 2.15. The maximum atomic E-state index is 13.6. The first-order valence-electron chi connectivity index (χ1n) is 5.57. The standard InChI is InChI=1S/C14H9ClF2O2S/c15-10-5-8(1-3-11(10)16)7-20-13-6-9(14(18)19)2-4-12(13)17/h1-6H,7H2,(H,18,19). The van der Waals surface area contributed by atoms with Gasteiger partial charge in [0.1, 0.15) is 11.6 Å². The van der Waals surface area contributed by atoms with Crippen LogP contribution in [0.25, 0.3) is 0 Å². The van der Waals surface area contributed by atoms with Gasteiger partial charge >= 0.3 is 5.97 Å². The van der Waals surface area contributed by atoms with Crippen LogP contribution in [0.2, 0.25) is 5.02 Å². The Morgan fingerprint density at radius 3 is 2.50 bits per heavy atom. The highest BCUT2D eigenvalue weighted by Gasteiger charge is 2.09. The number of aromatic carboxylic acids is 1. The summed E-state index contributed by atoms with van der Waals surface area (Å²) >= 11 is 6.78. The zero-order valence-electron chi connectivity index (χ0n) is 10.1. The molecule has 2 aromatic carbocycles. The van der Waals surface area contributed by atoms with Crippen molar-refractivity contribution in [3.8, 4) is 0 Å². The summed E-state index contributed by atoms with van der Waals surface area (Å²) in [6.07, 6.45) is 0. The van der Waals surface area contributed by atoms with Crippen LogP contribution in [0.5, 0.6) is 0 Å². The number of carbonyl (C=O) groups is 1. The molecule has 0 aliphatic carbocycles.